The van der Waals surface area contributed by atoms with Gasteiger partial charge in [-0.2, -0.15) is 0 Å². The molecule has 4 N–H and O–H groups in total. The topological polar surface area (TPSA) is 84.6 Å². The minimum Gasteiger partial charge on any atom is -0.385 e. The van der Waals surface area contributed by atoms with Crippen LogP contribution < -0.4 is 11.1 Å². The highest BCUT2D eigenvalue weighted by Gasteiger charge is 2.59. The molecule has 0 radical (unpaired) electrons. The van der Waals surface area contributed by atoms with Crippen LogP contribution in [-0.4, -0.2) is 41.9 Å². The second-order valence-corrected chi connectivity index (χ2v) is 6.00. The molecule has 3 rings (SSSR count). The van der Waals surface area contributed by atoms with E-state index in [1.54, 1.807) is 0 Å². The van der Waals surface area contributed by atoms with Gasteiger partial charge in [0, 0.05) is 11.5 Å². The Bertz CT molecular complexity index is 343. The van der Waals surface area contributed by atoms with Crippen LogP contribution in [0.3, 0.4) is 0 Å². The lowest BCUT2D eigenvalue weighted by atomic mass is 9.86. The average molecular weight is 240 g/mol. The first kappa shape index (κ1) is 11.4. The zero-order valence-corrected chi connectivity index (χ0v) is 9.95. The van der Waals surface area contributed by atoms with Gasteiger partial charge in [-0.25, -0.2) is 0 Å². The zero-order chi connectivity index (χ0) is 12.1. The summed E-state index contributed by atoms with van der Waals surface area (Å²) >= 11 is 0. The van der Waals surface area contributed by atoms with Crippen molar-refractivity contribution in [2.75, 3.05) is 19.8 Å². The number of rotatable bonds is 3. The van der Waals surface area contributed by atoms with E-state index in [4.69, 9.17) is 10.5 Å². The van der Waals surface area contributed by atoms with E-state index in [1.807, 2.05) is 0 Å². The van der Waals surface area contributed by atoms with Crippen LogP contribution in [0.1, 0.15) is 25.7 Å². The number of carbonyl (C=O) groups is 1. The van der Waals surface area contributed by atoms with Crippen LogP contribution in [0.15, 0.2) is 0 Å². The zero-order valence-electron chi connectivity index (χ0n) is 9.95. The Kier molecular flexibility index (Phi) is 2.47. The van der Waals surface area contributed by atoms with E-state index in [1.165, 1.54) is 0 Å². The van der Waals surface area contributed by atoms with Crippen molar-refractivity contribution in [3.63, 3.8) is 0 Å². The maximum Gasteiger partial charge on any atom is 0.220 e. The third-order valence-electron chi connectivity index (χ3n) is 4.58. The number of ether oxygens (including phenoxy) is 1. The van der Waals surface area contributed by atoms with E-state index in [2.05, 4.69) is 5.32 Å². The summed E-state index contributed by atoms with van der Waals surface area (Å²) in [4.78, 5) is 11.3. The van der Waals surface area contributed by atoms with Crippen molar-refractivity contribution in [1.82, 2.24) is 5.32 Å². The standard InChI is InChI=1S/C12H20N2O3/c13-10(15)8-1-2-14-12(3-8)5-9(12)4-11(16)6-17-7-11/h8-9,14,16H,1-7H2,(H2,13,15). The van der Waals surface area contributed by atoms with Gasteiger partial charge in [-0.15, -0.1) is 0 Å². The summed E-state index contributed by atoms with van der Waals surface area (Å²) in [6, 6.07) is 0. The Morgan fingerprint density at radius 2 is 2.24 bits per heavy atom. The molecule has 0 aromatic rings. The summed E-state index contributed by atoms with van der Waals surface area (Å²) in [6.45, 7) is 1.77. The lowest BCUT2D eigenvalue weighted by Crippen LogP contribution is -2.51. The number of carbonyl (C=O) groups excluding carboxylic acids is 1. The Balaban J connectivity index is 1.59. The maximum absolute atomic E-state index is 11.3. The molecular formula is C12H20N2O3. The number of amides is 1. The van der Waals surface area contributed by atoms with Crippen LogP contribution in [0.4, 0.5) is 0 Å². The first-order valence-electron chi connectivity index (χ1n) is 6.38. The summed E-state index contributed by atoms with van der Waals surface area (Å²) in [5.41, 5.74) is 4.85. The lowest BCUT2D eigenvalue weighted by molar-refractivity contribution is -0.184. The number of hydrogen-bond donors (Lipinski definition) is 3. The predicted molar refractivity (Wildman–Crippen MR) is 61.1 cm³/mol. The Hall–Kier alpha value is -0.650. The smallest absolute Gasteiger partial charge is 0.220 e. The molecule has 0 aromatic heterocycles. The van der Waals surface area contributed by atoms with Gasteiger partial charge in [-0.05, 0) is 38.1 Å². The highest BCUT2D eigenvalue weighted by atomic mass is 16.5. The fourth-order valence-electron chi connectivity index (χ4n) is 3.38. The molecule has 5 heteroatoms. The molecule has 2 saturated heterocycles. The van der Waals surface area contributed by atoms with Gasteiger partial charge >= 0.3 is 0 Å². The summed E-state index contributed by atoms with van der Waals surface area (Å²) in [7, 11) is 0. The van der Waals surface area contributed by atoms with Crippen LogP contribution in [0.5, 0.6) is 0 Å². The van der Waals surface area contributed by atoms with Crippen molar-refractivity contribution in [3.8, 4) is 0 Å². The lowest BCUT2D eigenvalue weighted by Gasteiger charge is -2.38. The molecule has 0 aromatic carbocycles. The molecule has 96 valence electrons. The summed E-state index contributed by atoms with van der Waals surface area (Å²) in [5, 5.41) is 13.6. The van der Waals surface area contributed by atoms with Gasteiger partial charge in [0.25, 0.3) is 0 Å². The van der Waals surface area contributed by atoms with Crippen molar-refractivity contribution in [2.45, 2.75) is 36.8 Å². The van der Waals surface area contributed by atoms with Crippen molar-refractivity contribution in [3.05, 3.63) is 0 Å². The van der Waals surface area contributed by atoms with Crippen LogP contribution >= 0.6 is 0 Å². The monoisotopic (exact) mass is 240 g/mol. The third-order valence-corrected chi connectivity index (χ3v) is 4.58. The van der Waals surface area contributed by atoms with Crippen molar-refractivity contribution >= 4 is 5.91 Å². The fourth-order valence-corrected chi connectivity index (χ4v) is 3.38. The molecule has 17 heavy (non-hydrogen) atoms. The van der Waals surface area contributed by atoms with E-state index in [-0.39, 0.29) is 17.4 Å². The van der Waals surface area contributed by atoms with Crippen LogP contribution in [-0.2, 0) is 9.53 Å². The van der Waals surface area contributed by atoms with Crippen LogP contribution in [0, 0.1) is 11.8 Å². The Morgan fingerprint density at radius 1 is 1.47 bits per heavy atom. The maximum atomic E-state index is 11.3. The number of nitrogens with two attached hydrogens (primary N) is 1. The first-order valence-corrected chi connectivity index (χ1v) is 6.38. The highest BCUT2D eigenvalue weighted by molar-refractivity contribution is 5.77. The molecule has 5 nitrogen and oxygen atoms in total. The quantitative estimate of drug-likeness (QED) is 0.614. The summed E-state index contributed by atoms with van der Waals surface area (Å²) in [5.74, 6) is 0.300. The van der Waals surface area contributed by atoms with Crippen LogP contribution in [0.2, 0.25) is 0 Å². The molecule has 0 bridgehead atoms. The van der Waals surface area contributed by atoms with Gasteiger partial charge in [0.05, 0.1) is 13.2 Å². The van der Waals surface area contributed by atoms with Gasteiger partial charge in [-0.1, -0.05) is 0 Å². The molecule has 1 amide bonds. The molecule has 3 aliphatic rings. The van der Waals surface area contributed by atoms with Gasteiger partial charge in [0.1, 0.15) is 5.60 Å². The van der Waals surface area contributed by atoms with Gasteiger partial charge in [0.2, 0.25) is 5.91 Å². The Morgan fingerprint density at radius 3 is 2.82 bits per heavy atom. The molecule has 3 fully saturated rings. The summed E-state index contributed by atoms with van der Waals surface area (Å²) in [6.07, 6.45) is 3.52. The van der Waals surface area contributed by atoms with Gasteiger partial charge in [-0.3, -0.25) is 4.79 Å². The number of aliphatic hydroxyl groups is 1. The third kappa shape index (κ3) is 1.96. The highest BCUT2D eigenvalue weighted by Crippen LogP contribution is 2.54. The van der Waals surface area contributed by atoms with Crippen molar-refractivity contribution < 1.29 is 14.6 Å². The number of primary amides is 1. The molecule has 1 saturated carbocycles. The molecule has 1 aliphatic carbocycles. The molecule has 3 unspecified atom stereocenters. The van der Waals surface area contributed by atoms with Gasteiger partial charge in [0.15, 0.2) is 0 Å². The number of hydrogen-bond acceptors (Lipinski definition) is 4. The Labute approximate surface area is 101 Å². The molecule has 3 atom stereocenters. The second-order valence-electron chi connectivity index (χ2n) is 6.00. The van der Waals surface area contributed by atoms with Crippen LogP contribution in [0.25, 0.3) is 0 Å². The minimum atomic E-state index is -0.616. The SMILES string of the molecule is NC(=O)C1CCNC2(C1)CC2CC1(O)COC1. The fraction of sp³-hybridized carbons (Fsp3) is 0.917. The summed E-state index contributed by atoms with van der Waals surface area (Å²) < 4.78 is 5.06. The number of nitrogens with one attached hydrogen (secondary N) is 1. The number of piperidine rings is 1. The van der Waals surface area contributed by atoms with Crippen molar-refractivity contribution in [2.24, 2.45) is 17.6 Å². The molecule has 2 aliphatic heterocycles. The minimum absolute atomic E-state index is 0.00790. The average Bonchev–Trinajstić information content (AvgIpc) is 2.88. The molecule has 2 heterocycles. The first-order chi connectivity index (χ1) is 8.03. The normalized spacial score (nSPS) is 43.1. The van der Waals surface area contributed by atoms with E-state index in [0.717, 1.165) is 32.2 Å². The van der Waals surface area contributed by atoms with E-state index < -0.39 is 5.60 Å². The van der Waals surface area contributed by atoms with E-state index in [9.17, 15) is 9.90 Å². The molecule has 1 spiro atoms. The van der Waals surface area contributed by atoms with Gasteiger partial charge < -0.3 is 20.9 Å². The second kappa shape index (κ2) is 3.67. The predicted octanol–water partition coefficient (Wildman–Crippen LogP) is -0.619. The molecular weight excluding hydrogens is 220 g/mol. The van der Waals surface area contributed by atoms with E-state index >= 15 is 0 Å². The largest absolute Gasteiger partial charge is 0.385 e. The van der Waals surface area contributed by atoms with E-state index in [0.29, 0.717) is 19.1 Å². The van der Waals surface area contributed by atoms with Crippen molar-refractivity contribution in [1.29, 1.82) is 0 Å².